The smallest absolute Gasteiger partial charge is 0.321 e. The highest BCUT2D eigenvalue weighted by molar-refractivity contribution is 9.10. The Labute approximate surface area is 132 Å². The molecule has 1 saturated heterocycles. The molecule has 0 spiro atoms. The van der Waals surface area contributed by atoms with Crippen molar-refractivity contribution in [3.05, 3.63) is 28.2 Å². The second-order valence-electron chi connectivity index (χ2n) is 5.73. The Morgan fingerprint density at radius 2 is 2.05 bits per heavy atom. The number of benzene rings is 1. The van der Waals surface area contributed by atoms with Gasteiger partial charge in [0.05, 0.1) is 5.92 Å². The van der Waals surface area contributed by atoms with Gasteiger partial charge in [-0.2, -0.15) is 0 Å². The standard InChI is InChI=1S/C15H19BrN2O3/c1-9-4-12(16)6-13(5-9)17-15(21)18-7-10(2)3-11(8-18)14(19)20/h4-6,10-11H,3,7-8H2,1-2H3,(H,17,21)(H,19,20). The molecule has 2 rings (SSSR count). The fourth-order valence-electron chi connectivity index (χ4n) is 2.71. The van der Waals surface area contributed by atoms with Crippen molar-refractivity contribution in [2.75, 3.05) is 18.4 Å². The number of anilines is 1. The van der Waals surface area contributed by atoms with E-state index < -0.39 is 11.9 Å². The maximum Gasteiger partial charge on any atom is 0.321 e. The SMILES string of the molecule is Cc1cc(Br)cc(NC(=O)N2CC(C)CC(C(=O)O)C2)c1. The van der Waals surface area contributed by atoms with E-state index in [1.54, 1.807) is 4.90 Å². The van der Waals surface area contributed by atoms with Crippen molar-refractivity contribution >= 4 is 33.6 Å². The van der Waals surface area contributed by atoms with Gasteiger partial charge in [0.2, 0.25) is 0 Å². The number of hydrogen-bond donors (Lipinski definition) is 2. The number of aryl methyl sites for hydroxylation is 1. The number of carboxylic acids is 1. The number of aliphatic carboxylic acids is 1. The highest BCUT2D eigenvalue weighted by Gasteiger charge is 2.31. The Bertz CT molecular complexity index is 542. The topological polar surface area (TPSA) is 69.6 Å². The second-order valence-corrected chi connectivity index (χ2v) is 6.64. The van der Waals surface area contributed by atoms with Gasteiger partial charge in [0.1, 0.15) is 0 Å². The quantitative estimate of drug-likeness (QED) is 0.855. The molecule has 0 aliphatic carbocycles. The maximum absolute atomic E-state index is 12.3. The predicted molar refractivity (Wildman–Crippen MR) is 84.4 cm³/mol. The van der Waals surface area contributed by atoms with Crippen LogP contribution in [0.4, 0.5) is 10.5 Å². The molecule has 2 amide bonds. The molecular weight excluding hydrogens is 336 g/mol. The highest BCUT2D eigenvalue weighted by atomic mass is 79.9. The number of nitrogens with one attached hydrogen (secondary N) is 1. The molecule has 1 aromatic carbocycles. The minimum Gasteiger partial charge on any atom is -0.481 e. The van der Waals surface area contributed by atoms with E-state index in [9.17, 15) is 9.59 Å². The number of nitrogens with zero attached hydrogens (tertiary/aromatic N) is 1. The van der Waals surface area contributed by atoms with Crippen LogP contribution in [0.15, 0.2) is 22.7 Å². The first-order chi connectivity index (χ1) is 9.85. The molecule has 0 saturated carbocycles. The molecule has 1 heterocycles. The van der Waals surface area contributed by atoms with E-state index in [-0.39, 0.29) is 18.5 Å². The summed E-state index contributed by atoms with van der Waals surface area (Å²) >= 11 is 3.39. The van der Waals surface area contributed by atoms with E-state index in [0.29, 0.717) is 18.7 Å². The number of carbonyl (C=O) groups excluding carboxylic acids is 1. The van der Waals surface area contributed by atoms with E-state index in [1.807, 2.05) is 32.0 Å². The minimum atomic E-state index is -0.836. The van der Waals surface area contributed by atoms with Crippen molar-refractivity contribution < 1.29 is 14.7 Å². The average molecular weight is 355 g/mol. The molecule has 1 aliphatic rings. The number of carboxylic acid groups (broad SMARTS) is 1. The van der Waals surface area contributed by atoms with E-state index in [0.717, 1.165) is 10.0 Å². The molecule has 1 aromatic rings. The number of amides is 2. The molecule has 6 heteroatoms. The number of likely N-dealkylation sites (tertiary alicyclic amines) is 1. The van der Waals surface area contributed by atoms with Crippen molar-refractivity contribution in [2.45, 2.75) is 20.3 Å². The molecule has 21 heavy (non-hydrogen) atoms. The minimum absolute atomic E-state index is 0.190. The van der Waals surface area contributed by atoms with Crippen LogP contribution >= 0.6 is 15.9 Å². The Morgan fingerprint density at radius 3 is 2.67 bits per heavy atom. The van der Waals surface area contributed by atoms with Gasteiger partial charge in [-0.1, -0.05) is 22.9 Å². The van der Waals surface area contributed by atoms with E-state index in [2.05, 4.69) is 21.2 Å². The van der Waals surface area contributed by atoms with Crippen LogP contribution in [-0.2, 0) is 4.79 Å². The van der Waals surface area contributed by atoms with Gasteiger partial charge in [0.25, 0.3) is 0 Å². The summed E-state index contributed by atoms with van der Waals surface area (Å²) in [6, 6.07) is 5.42. The van der Waals surface area contributed by atoms with E-state index in [4.69, 9.17) is 5.11 Å². The van der Waals surface area contributed by atoms with Crippen LogP contribution < -0.4 is 5.32 Å². The zero-order chi connectivity index (χ0) is 15.6. The summed E-state index contributed by atoms with van der Waals surface area (Å²) in [5.74, 6) is -1.13. The first-order valence-electron chi connectivity index (χ1n) is 6.91. The summed E-state index contributed by atoms with van der Waals surface area (Å²) in [5.41, 5.74) is 1.74. The number of urea groups is 1. The third-order valence-corrected chi connectivity index (χ3v) is 4.05. The Kier molecular flexibility index (Phi) is 4.88. The lowest BCUT2D eigenvalue weighted by Crippen LogP contribution is -2.47. The fraction of sp³-hybridized carbons (Fsp3) is 0.467. The molecule has 2 N–H and O–H groups in total. The van der Waals surface area contributed by atoms with Gasteiger partial charge in [-0.3, -0.25) is 4.79 Å². The first kappa shape index (κ1) is 15.8. The zero-order valence-corrected chi connectivity index (χ0v) is 13.7. The summed E-state index contributed by atoms with van der Waals surface area (Å²) in [6.45, 7) is 4.77. The number of carbonyl (C=O) groups is 2. The normalized spacial score (nSPS) is 22.0. The van der Waals surface area contributed by atoms with E-state index in [1.165, 1.54) is 0 Å². The third kappa shape index (κ3) is 4.20. The van der Waals surface area contributed by atoms with Crippen molar-refractivity contribution in [2.24, 2.45) is 11.8 Å². The monoisotopic (exact) mass is 354 g/mol. The molecule has 1 aliphatic heterocycles. The Morgan fingerprint density at radius 1 is 1.33 bits per heavy atom. The lowest BCUT2D eigenvalue weighted by molar-refractivity contribution is -0.143. The molecule has 0 aromatic heterocycles. The summed E-state index contributed by atoms with van der Waals surface area (Å²) < 4.78 is 0.897. The van der Waals surface area contributed by atoms with Gasteiger partial charge >= 0.3 is 12.0 Å². The predicted octanol–water partition coefficient (Wildman–Crippen LogP) is 3.33. The summed E-state index contributed by atoms with van der Waals surface area (Å²) in [6.07, 6.45) is 0.620. The molecule has 0 bridgehead atoms. The number of hydrogen-bond acceptors (Lipinski definition) is 2. The van der Waals surface area contributed by atoms with Crippen LogP contribution in [0.5, 0.6) is 0 Å². The fourth-order valence-corrected chi connectivity index (χ4v) is 3.32. The number of piperidine rings is 1. The first-order valence-corrected chi connectivity index (χ1v) is 7.70. The maximum atomic E-state index is 12.3. The van der Waals surface area contributed by atoms with Crippen molar-refractivity contribution in [1.82, 2.24) is 4.90 Å². The summed E-state index contributed by atoms with van der Waals surface area (Å²) in [4.78, 5) is 25.0. The van der Waals surface area contributed by atoms with Gasteiger partial charge in [0.15, 0.2) is 0 Å². The van der Waals surface area contributed by atoms with Crippen molar-refractivity contribution in [1.29, 1.82) is 0 Å². The second kappa shape index (κ2) is 6.47. The van der Waals surface area contributed by atoms with Crippen LogP contribution in [0, 0.1) is 18.8 Å². The van der Waals surface area contributed by atoms with E-state index >= 15 is 0 Å². The summed E-state index contributed by atoms with van der Waals surface area (Å²) in [5, 5.41) is 12.0. The van der Waals surface area contributed by atoms with Crippen molar-refractivity contribution in [3.8, 4) is 0 Å². The highest BCUT2D eigenvalue weighted by Crippen LogP contribution is 2.24. The largest absolute Gasteiger partial charge is 0.481 e. The molecule has 2 unspecified atom stereocenters. The van der Waals surface area contributed by atoms with Crippen LogP contribution in [-0.4, -0.2) is 35.1 Å². The van der Waals surface area contributed by atoms with Gasteiger partial charge in [-0.05, 0) is 43.0 Å². The molecule has 5 nitrogen and oxygen atoms in total. The average Bonchev–Trinajstić information content (AvgIpc) is 2.36. The Balaban J connectivity index is 2.06. The van der Waals surface area contributed by atoms with Gasteiger partial charge in [-0.25, -0.2) is 4.79 Å². The van der Waals surface area contributed by atoms with Gasteiger partial charge < -0.3 is 15.3 Å². The van der Waals surface area contributed by atoms with Gasteiger partial charge in [0, 0.05) is 23.2 Å². The van der Waals surface area contributed by atoms with Crippen LogP contribution in [0.1, 0.15) is 18.9 Å². The van der Waals surface area contributed by atoms with Crippen molar-refractivity contribution in [3.63, 3.8) is 0 Å². The van der Waals surface area contributed by atoms with Gasteiger partial charge in [-0.15, -0.1) is 0 Å². The van der Waals surface area contributed by atoms with Crippen LogP contribution in [0.2, 0.25) is 0 Å². The lowest BCUT2D eigenvalue weighted by Gasteiger charge is -2.34. The van der Waals surface area contributed by atoms with Crippen LogP contribution in [0.3, 0.4) is 0 Å². The zero-order valence-electron chi connectivity index (χ0n) is 12.1. The molecule has 1 fully saturated rings. The number of halogens is 1. The summed E-state index contributed by atoms with van der Waals surface area (Å²) in [7, 11) is 0. The number of rotatable bonds is 2. The molecular formula is C15H19BrN2O3. The molecule has 2 atom stereocenters. The van der Waals surface area contributed by atoms with Crippen LogP contribution in [0.25, 0.3) is 0 Å². The third-order valence-electron chi connectivity index (χ3n) is 3.59. The molecule has 0 radical (unpaired) electrons. The lowest BCUT2D eigenvalue weighted by atomic mass is 9.91. The Hall–Kier alpha value is -1.56. The molecule has 114 valence electrons.